The summed E-state index contributed by atoms with van der Waals surface area (Å²) in [6.07, 6.45) is 9.77. The van der Waals surface area contributed by atoms with Gasteiger partial charge in [-0.1, -0.05) is 18.1 Å². The van der Waals surface area contributed by atoms with Crippen LogP contribution in [-0.4, -0.2) is 28.5 Å². The molecule has 0 aliphatic carbocycles. The average Bonchev–Trinajstić information content (AvgIpc) is 3.07. The number of hydrogen-bond donors (Lipinski definition) is 1. The highest BCUT2D eigenvalue weighted by molar-refractivity contribution is 5.59. The molecule has 19 heavy (non-hydrogen) atoms. The summed E-state index contributed by atoms with van der Waals surface area (Å²) in [5.74, 6) is 3.69. The number of benzene rings is 1. The lowest BCUT2D eigenvalue weighted by atomic mass is 10.1. The number of aromatic amines is 1. The van der Waals surface area contributed by atoms with Crippen molar-refractivity contribution in [3.63, 3.8) is 0 Å². The molecular formula is C16H17N3. The van der Waals surface area contributed by atoms with Gasteiger partial charge in [0.2, 0.25) is 0 Å². The Labute approximate surface area is 113 Å². The van der Waals surface area contributed by atoms with Crippen molar-refractivity contribution < 1.29 is 0 Å². The van der Waals surface area contributed by atoms with Crippen LogP contribution < -0.4 is 0 Å². The molecule has 1 N–H and O–H groups in total. The third kappa shape index (κ3) is 2.27. The van der Waals surface area contributed by atoms with Gasteiger partial charge in [0, 0.05) is 17.3 Å². The minimum absolute atomic E-state index is 0.429. The molecule has 0 unspecified atom stereocenters. The lowest BCUT2D eigenvalue weighted by Crippen LogP contribution is -2.18. The third-order valence-corrected chi connectivity index (χ3v) is 3.78. The number of likely N-dealkylation sites (tertiary alicyclic amines) is 1. The van der Waals surface area contributed by atoms with E-state index < -0.39 is 0 Å². The first kappa shape index (κ1) is 12.0. The third-order valence-electron chi connectivity index (χ3n) is 3.78. The molecule has 0 bridgehead atoms. The van der Waals surface area contributed by atoms with Gasteiger partial charge in [0.05, 0.1) is 11.7 Å². The standard InChI is InChI=1S/C16H17N3/c1-3-12-6-8-13(9-7-12)14-11-17-16(18-14)15-5-4-10-19(15)2/h1,6-9,11,15H,4-5,10H2,2H3,(H,17,18)/t15-/m0/s1. The van der Waals surface area contributed by atoms with Crippen LogP contribution in [0.1, 0.15) is 30.3 Å². The number of terminal acetylenes is 1. The molecular weight excluding hydrogens is 234 g/mol. The smallest absolute Gasteiger partial charge is 0.124 e. The molecule has 0 spiro atoms. The Morgan fingerprint density at radius 1 is 1.37 bits per heavy atom. The van der Waals surface area contributed by atoms with Crippen molar-refractivity contribution in [2.24, 2.45) is 0 Å². The summed E-state index contributed by atoms with van der Waals surface area (Å²) in [4.78, 5) is 10.4. The number of rotatable bonds is 2. The first-order chi connectivity index (χ1) is 9.28. The van der Waals surface area contributed by atoms with Crippen molar-refractivity contribution in [3.05, 3.63) is 41.9 Å². The van der Waals surface area contributed by atoms with Gasteiger partial charge in [0.1, 0.15) is 5.82 Å². The van der Waals surface area contributed by atoms with Crippen LogP contribution in [0.25, 0.3) is 11.3 Å². The molecule has 0 radical (unpaired) electrons. The molecule has 1 aliphatic rings. The van der Waals surface area contributed by atoms with E-state index in [0.29, 0.717) is 6.04 Å². The van der Waals surface area contributed by atoms with Gasteiger partial charge in [-0.2, -0.15) is 0 Å². The highest BCUT2D eigenvalue weighted by atomic mass is 15.2. The molecule has 3 heteroatoms. The van der Waals surface area contributed by atoms with Gasteiger partial charge in [-0.15, -0.1) is 6.42 Å². The van der Waals surface area contributed by atoms with Gasteiger partial charge in [-0.25, -0.2) is 4.98 Å². The Morgan fingerprint density at radius 2 is 2.16 bits per heavy atom. The second-order valence-electron chi connectivity index (χ2n) is 5.03. The molecule has 0 saturated carbocycles. The maximum absolute atomic E-state index is 5.36. The topological polar surface area (TPSA) is 31.9 Å². The molecule has 3 nitrogen and oxygen atoms in total. The predicted molar refractivity (Wildman–Crippen MR) is 76.6 cm³/mol. The van der Waals surface area contributed by atoms with Crippen LogP contribution >= 0.6 is 0 Å². The lowest BCUT2D eigenvalue weighted by molar-refractivity contribution is 0.307. The molecule has 2 heterocycles. The van der Waals surface area contributed by atoms with E-state index in [1.54, 1.807) is 0 Å². The van der Waals surface area contributed by atoms with Crippen LogP contribution in [0.4, 0.5) is 0 Å². The van der Waals surface area contributed by atoms with Crippen LogP contribution in [0.2, 0.25) is 0 Å². The number of nitrogens with zero attached hydrogens (tertiary/aromatic N) is 2. The first-order valence-corrected chi connectivity index (χ1v) is 6.60. The predicted octanol–water partition coefficient (Wildman–Crippen LogP) is 2.82. The van der Waals surface area contributed by atoms with Crippen molar-refractivity contribution >= 4 is 0 Å². The number of nitrogens with one attached hydrogen (secondary N) is 1. The molecule has 1 saturated heterocycles. The highest BCUT2D eigenvalue weighted by Crippen LogP contribution is 2.29. The molecule has 1 aromatic carbocycles. The highest BCUT2D eigenvalue weighted by Gasteiger charge is 2.25. The van der Waals surface area contributed by atoms with E-state index in [2.05, 4.69) is 22.9 Å². The fourth-order valence-electron chi connectivity index (χ4n) is 2.65. The van der Waals surface area contributed by atoms with Crippen LogP contribution in [-0.2, 0) is 0 Å². The quantitative estimate of drug-likeness (QED) is 0.832. The van der Waals surface area contributed by atoms with E-state index in [1.165, 1.54) is 12.8 Å². The Hall–Kier alpha value is -2.05. The Morgan fingerprint density at radius 3 is 2.79 bits per heavy atom. The SMILES string of the molecule is C#Cc1ccc(-c2c[nH]c([C@@H]3CCCN3C)n2)cc1. The zero-order chi connectivity index (χ0) is 13.2. The second-order valence-corrected chi connectivity index (χ2v) is 5.03. The van der Waals surface area contributed by atoms with Gasteiger partial charge in [-0.3, -0.25) is 4.90 Å². The van der Waals surface area contributed by atoms with Crippen molar-refractivity contribution in [1.82, 2.24) is 14.9 Å². The van der Waals surface area contributed by atoms with Crippen LogP contribution in [0.5, 0.6) is 0 Å². The molecule has 1 aliphatic heterocycles. The Balaban J connectivity index is 1.86. The largest absolute Gasteiger partial charge is 0.347 e. The molecule has 1 atom stereocenters. The van der Waals surface area contributed by atoms with Crippen LogP contribution in [0.15, 0.2) is 30.5 Å². The van der Waals surface area contributed by atoms with Gasteiger partial charge < -0.3 is 4.98 Å². The van der Waals surface area contributed by atoms with E-state index in [0.717, 1.165) is 29.2 Å². The van der Waals surface area contributed by atoms with Gasteiger partial charge in [0.25, 0.3) is 0 Å². The normalized spacial score (nSPS) is 19.5. The number of aromatic nitrogens is 2. The number of H-pyrrole nitrogens is 1. The van der Waals surface area contributed by atoms with E-state index in [9.17, 15) is 0 Å². The minimum atomic E-state index is 0.429. The molecule has 96 valence electrons. The van der Waals surface area contributed by atoms with Gasteiger partial charge in [0.15, 0.2) is 0 Å². The van der Waals surface area contributed by atoms with Crippen LogP contribution in [0, 0.1) is 12.3 Å². The molecule has 3 rings (SSSR count). The minimum Gasteiger partial charge on any atom is -0.347 e. The summed E-state index contributed by atoms with van der Waals surface area (Å²) in [5.41, 5.74) is 2.98. The van der Waals surface area contributed by atoms with Crippen molar-refractivity contribution in [3.8, 4) is 23.6 Å². The maximum Gasteiger partial charge on any atom is 0.124 e. The van der Waals surface area contributed by atoms with Gasteiger partial charge in [-0.05, 0) is 38.6 Å². The summed E-state index contributed by atoms with van der Waals surface area (Å²) >= 11 is 0. The van der Waals surface area contributed by atoms with E-state index in [-0.39, 0.29) is 0 Å². The lowest BCUT2D eigenvalue weighted by Gasteiger charge is -2.16. The maximum atomic E-state index is 5.36. The summed E-state index contributed by atoms with van der Waals surface area (Å²) in [6.45, 7) is 1.15. The Kier molecular flexibility index (Phi) is 3.10. The van der Waals surface area contributed by atoms with Crippen molar-refractivity contribution in [2.75, 3.05) is 13.6 Å². The zero-order valence-electron chi connectivity index (χ0n) is 11.1. The first-order valence-electron chi connectivity index (χ1n) is 6.60. The fraction of sp³-hybridized carbons (Fsp3) is 0.312. The molecule has 1 fully saturated rings. The average molecular weight is 251 g/mol. The molecule has 0 amide bonds. The molecule has 2 aromatic rings. The second kappa shape index (κ2) is 4.91. The molecule has 1 aromatic heterocycles. The summed E-state index contributed by atoms with van der Waals surface area (Å²) in [5, 5.41) is 0. The number of imidazole rings is 1. The van der Waals surface area contributed by atoms with E-state index in [4.69, 9.17) is 11.4 Å². The van der Waals surface area contributed by atoms with Crippen molar-refractivity contribution in [2.45, 2.75) is 18.9 Å². The zero-order valence-corrected chi connectivity index (χ0v) is 11.1. The summed E-state index contributed by atoms with van der Waals surface area (Å²) in [7, 11) is 2.15. The van der Waals surface area contributed by atoms with E-state index in [1.807, 2.05) is 30.5 Å². The Bertz CT molecular complexity index is 604. The van der Waals surface area contributed by atoms with E-state index >= 15 is 0 Å². The summed E-state index contributed by atoms with van der Waals surface area (Å²) in [6, 6.07) is 8.37. The fourth-order valence-corrected chi connectivity index (χ4v) is 2.65. The number of hydrogen-bond acceptors (Lipinski definition) is 2. The van der Waals surface area contributed by atoms with Crippen molar-refractivity contribution in [1.29, 1.82) is 0 Å². The summed E-state index contributed by atoms with van der Waals surface area (Å²) < 4.78 is 0. The van der Waals surface area contributed by atoms with Crippen LogP contribution in [0.3, 0.4) is 0 Å². The van der Waals surface area contributed by atoms with Gasteiger partial charge >= 0.3 is 0 Å². The monoisotopic (exact) mass is 251 g/mol.